The first-order valence-corrected chi connectivity index (χ1v) is 17.9. The standard InChI is InChI=1S/C30H63O13P/c1-10-19-22-38-28(35-16-7,25-32-13-4)41-44(31,42-29(36-17-8,26-33-14-5)39-23-20-11-2)43-30(37-18-9,27-34-15-6)40-24-21-12-3/h10-27H2,1-9H3. The average Bonchev–Trinajstić information content (AvgIpc) is 2.98. The summed E-state index contributed by atoms with van der Waals surface area (Å²) in [5, 5.41) is 0. The van der Waals surface area contributed by atoms with Gasteiger partial charge in [0.1, 0.15) is 19.8 Å². The van der Waals surface area contributed by atoms with Crippen LogP contribution in [-0.4, -0.2) is 97.2 Å². The summed E-state index contributed by atoms with van der Waals surface area (Å²) in [5.41, 5.74) is 0. The van der Waals surface area contributed by atoms with Gasteiger partial charge in [-0.3, -0.25) is 0 Å². The van der Waals surface area contributed by atoms with Gasteiger partial charge in [0.2, 0.25) is 0 Å². The SMILES string of the molecule is CCCCOC(COCC)(OCC)OP(=O)(OC(COCC)(OCC)OCCCC)OC(COCC)(OCC)OCCCC. The Labute approximate surface area is 266 Å². The Morgan fingerprint density at radius 1 is 0.409 bits per heavy atom. The van der Waals surface area contributed by atoms with E-state index in [0.29, 0.717) is 39.1 Å². The van der Waals surface area contributed by atoms with Gasteiger partial charge in [-0.1, -0.05) is 40.0 Å². The minimum Gasteiger partial charge on any atom is -0.373 e. The molecule has 0 N–H and O–H groups in total. The lowest BCUT2D eigenvalue weighted by molar-refractivity contribution is -0.408. The molecule has 0 saturated carbocycles. The highest BCUT2D eigenvalue weighted by atomic mass is 31.2. The molecule has 44 heavy (non-hydrogen) atoms. The minimum absolute atomic E-state index is 0.129. The van der Waals surface area contributed by atoms with Crippen LogP contribution < -0.4 is 0 Å². The zero-order valence-corrected chi connectivity index (χ0v) is 29.9. The first-order valence-electron chi connectivity index (χ1n) is 16.5. The van der Waals surface area contributed by atoms with Crippen molar-refractivity contribution in [2.45, 2.75) is 119 Å². The molecule has 0 bridgehead atoms. The van der Waals surface area contributed by atoms with Crippen LogP contribution in [0.4, 0.5) is 0 Å². The predicted octanol–water partition coefficient (Wildman–Crippen LogP) is 6.77. The van der Waals surface area contributed by atoms with Crippen LogP contribution in [0.15, 0.2) is 0 Å². The minimum atomic E-state index is -4.93. The predicted molar refractivity (Wildman–Crippen MR) is 166 cm³/mol. The molecule has 0 spiro atoms. The third kappa shape index (κ3) is 17.6. The summed E-state index contributed by atoms with van der Waals surface area (Å²) in [5.74, 6) is -5.97. The molecule has 0 aromatic rings. The molecule has 0 aliphatic rings. The quantitative estimate of drug-likeness (QED) is 0.0417. The van der Waals surface area contributed by atoms with Crippen LogP contribution in [-0.2, 0) is 60.8 Å². The topological polar surface area (TPSA) is 128 Å². The van der Waals surface area contributed by atoms with Crippen LogP contribution in [0, 0.1) is 0 Å². The van der Waals surface area contributed by atoms with Crippen molar-refractivity contribution in [3.8, 4) is 0 Å². The fourth-order valence-electron chi connectivity index (χ4n) is 3.64. The Morgan fingerprint density at radius 3 is 0.886 bits per heavy atom. The van der Waals surface area contributed by atoms with Gasteiger partial charge in [-0.2, -0.15) is 0 Å². The molecule has 0 saturated heterocycles. The van der Waals surface area contributed by atoms with E-state index >= 15 is 4.57 Å². The van der Waals surface area contributed by atoms with Crippen LogP contribution in [0.1, 0.15) is 101 Å². The van der Waals surface area contributed by atoms with Gasteiger partial charge in [-0.05, 0) is 60.8 Å². The zero-order valence-electron chi connectivity index (χ0n) is 29.0. The summed E-state index contributed by atoms with van der Waals surface area (Å²) in [6.45, 7) is 18.0. The van der Waals surface area contributed by atoms with Gasteiger partial charge in [0, 0.05) is 39.6 Å². The molecule has 0 rings (SSSR count). The lowest BCUT2D eigenvalue weighted by atomic mass is 10.4. The van der Waals surface area contributed by atoms with Crippen LogP contribution >= 0.6 is 7.82 Å². The Kier molecular flexibility index (Phi) is 25.6. The lowest BCUT2D eigenvalue weighted by Gasteiger charge is -2.41. The van der Waals surface area contributed by atoms with E-state index in [9.17, 15) is 0 Å². The van der Waals surface area contributed by atoms with Crippen molar-refractivity contribution in [3.63, 3.8) is 0 Å². The smallest absolute Gasteiger partial charge is 0.373 e. The van der Waals surface area contributed by atoms with Crippen molar-refractivity contribution < 1.29 is 60.8 Å². The Balaban J connectivity index is 7.16. The van der Waals surface area contributed by atoms with Crippen molar-refractivity contribution in [1.82, 2.24) is 0 Å². The first kappa shape index (κ1) is 43.8. The Morgan fingerprint density at radius 2 is 0.682 bits per heavy atom. The van der Waals surface area contributed by atoms with Crippen molar-refractivity contribution in [2.24, 2.45) is 0 Å². The molecule has 0 heterocycles. The highest BCUT2D eigenvalue weighted by Crippen LogP contribution is 2.59. The maximum atomic E-state index is 15.2. The molecule has 0 aliphatic carbocycles. The molecule has 3 atom stereocenters. The maximum absolute atomic E-state index is 15.2. The molecule has 0 aromatic carbocycles. The second kappa shape index (κ2) is 25.8. The van der Waals surface area contributed by atoms with E-state index in [-0.39, 0.29) is 59.5 Å². The average molecular weight is 663 g/mol. The highest BCUT2D eigenvalue weighted by molar-refractivity contribution is 7.48. The van der Waals surface area contributed by atoms with Crippen molar-refractivity contribution in [1.29, 1.82) is 0 Å². The van der Waals surface area contributed by atoms with Crippen molar-refractivity contribution >= 4 is 7.82 Å². The van der Waals surface area contributed by atoms with Crippen molar-refractivity contribution in [2.75, 3.05) is 79.3 Å². The van der Waals surface area contributed by atoms with E-state index in [2.05, 4.69) is 0 Å². The maximum Gasteiger partial charge on any atom is 0.488 e. The first-order chi connectivity index (χ1) is 21.2. The summed E-state index contributed by atoms with van der Waals surface area (Å²) in [7, 11) is -4.93. The second-order valence-electron chi connectivity index (χ2n) is 9.59. The molecule has 14 heteroatoms. The van der Waals surface area contributed by atoms with Gasteiger partial charge in [-0.25, -0.2) is 18.1 Å². The Bertz CT molecular complexity index is 628. The fourth-order valence-corrected chi connectivity index (χ4v) is 5.24. The summed E-state index contributed by atoms with van der Waals surface area (Å²) < 4.78 is 87.0. The molecular formula is C30H63O13P. The molecule has 0 fully saturated rings. The Hall–Kier alpha value is -0.250. The summed E-state index contributed by atoms with van der Waals surface area (Å²) >= 11 is 0. The largest absolute Gasteiger partial charge is 0.488 e. The fraction of sp³-hybridized carbons (Fsp3) is 1.00. The molecule has 0 aliphatic heterocycles. The number of hydrogen-bond acceptors (Lipinski definition) is 13. The van der Waals surface area contributed by atoms with Gasteiger partial charge in [-0.15, -0.1) is 0 Å². The van der Waals surface area contributed by atoms with Gasteiger partial charge >= 0.3 is 25.7 Å². The van der Waals surface area contributed by atoms with E-state index in [4.69, 9.17) is 56.2 Å². The monoisotopic (exact) mass is 662 g/mol. The van der Waals surface area contributed by atoms with E-state index in [1.807, 2.05) is 41.5 Å². The number of unbranched alkanes of at least 4 members (excludes halogenated alkanes) is 3. The molecule has 0 aromatic heterocycles. The van der Waals surface area contributed by atoms with E-state index in [1.165, 1.54) is 0 Å². The van der Waals surface area contributed by atoms with Crippen LogP contribution in [0.25, 0.3) is 0 Å². The summed E-state index contributed by atoms with van der Waals surface area (Å²) in [6.07, 6.45) is 4.54. The molecule has 3 unspecified atom stereocenters. The number of phosphoric acid groups is 1. The zero-order chi connectivity index (χ0) is 33.2. The third-order valence-electron chi connectivity index (χ3n) is 5.75. The lowest BCUT2D eigenvalue weighted by Crippen LogP contribution is -2.50. The van der Waals surface area contributed by atoms with Gasteiger partial charge in [0.15, 0.2) is 0 Å². The number of rotatable bonds is 33. The van der Waals surface area contributed by atoms with E-state index in [1.54, 1.807) is 20.8 Å². The molecule has 0 amide bonds. The van der Waals surface area contributed by atoms with Crippen LogP contribution in [0.2, 0.25) is 0 Å². The van der Waals surface area contributed by atoms with Crippen LogP contribution in [0.5, 0.6) is 0 Å². The summed E-state index contributed by atoms with van der Waals surface area (Å²) in [4.78, 5) is 0. The summed E-state index contributed by atoms with van der Waals surface area (Å²) in [6, 6.07) is 0. The molecule has 0 radical (unpaired) electrons. The second-order valence-corrected chi connectivity index (χ2v) is 11.0. The van der Waals surface area contributed by atoms with Gasteiger partial charge < -0.3 is 42.6 Å². The third-order valence-corrected chi connectivity index (χ3v) is 7.26. The number of ether oxygens (including phenoxy) is 9. The van der Waals surface area contributed by atoms with Crippen molar-refractivity contribution in [3.05, 3.63) is 0 Å². The van der Waals surface area contributed by atoms with E-state index in [0.717, 1.165) is 19.3 Å². The van der Waals surface area contributed by atoms with E-state index < -0.39 is 25.7 Å². The number of phosphoric ester groups is 1. The van der Waals surface area contributed by atoms with Crippen LogP contribution in [0.3, 0.4) is 0 Å². The molecule has 13 nitrogen and oxygen atoms in total. The molecular weight excluding hydrogens is 599 g/mol. The van der Waals surface area contributed by atoms with Gasteiger partial charge in [0.05, 0.1) is 19.8 Å². The number of hydrogen-bond donors (Lipinski definition) is 0. The van der Waals surface area contributed by atoms with Gasteiger partial charge in [0.25, 0.3) is 0 Å². The highest BCUT2D eigenvalue weighted by Gasteiger charge is 2.55. The normalized spacial score (nSPS) is 17.6. The molecule has 266 valence electrons.